The average Bonchev–Trinajstić information content (AvgIpc) is 2.15. The van der Waals surface area contributed by atoms with Crippen LogP contribution >= 0.6 is 0 Å². The van der Waals surface area contributed by atoms with Crippen molar-refractivity contribution in [2.24, 2.45) is 0 Å². The molecule has 1 aromatic heterocycles. The number of halogens is 2. The molecule has 0 aliphatic rings. The fourth-order valence-corrected chi connectivity index (χ4v) is 1.25. The smallest absolute Gasteiger partial charge is 0.367 e. The van der Waals surface area contributed by atoms with Crippen LogP contribution in [0.3, 0.4) is 0 Å². The Morgan fingerprint density at radius 3 is 2.56 bits per heavy atom. The van der Waals surface area contributed by atoms with Gasteiger partial charge < -0.3 is 15.2 Å². The topological polar surface area (TPSA) is 93.3 Å². The van der Waals surface area contributed by atoms with Gasteiger partial charge in [0.15, 0.2) is 0 Å². The van der Waals surface area contributed by atoms with Crippen LogP contribution in [-0.4, -0.2) is 21.0 Å². The number of hydrogen-bond donors (Lipinski definition) is 1. The maximum absolute atomic E-state index is 12.4. The number of alkyl halides is 2. The quantitative estimate of drug-likeness (QED) is 0.634. The highest BCUT2D eigenvalue weighted by Crippen LogP contribution is 2.28. The summed E-state index contributed by atoms with van der Waals surface area (Å²) in [5.41, 5.74) is -1.97. The van der Waals surface area contributed by atoms with Crippen molar-refractivity contribution in [3.05, 3.63) is 33.0 Å². The van der Waals surface area contributed by atoms with Crippen molar-refractivity contribution in [1.82, 2.24) is 4.98 Å². The lowest BCUT2D eigenvalue weighted by molar-refractivity contribution is -0.390. The molecule has 0 aromatic carbocycles. The van der Waals surface area contributed by atoms with Gasteiger partial charge in [-0.2, -0.15) is 0 Å². The molecule has 0 unspecified atom stereocenters. The van der Waals surface area contributed by atoms with Gasteiger partial charge in [-0.3, -0.25) is 0 Å². The third-order valence-electron chi connectivity index (χ3n) is 1.95. The van der Waals surface area contributed by atoms with Gasteiger partial charge in [-0.05, 0) is 16.8 Å². The minimum absolute atomic E-state index is 0.379. The number of carbonyl (C=O) groups is 1. The van der Waals surface area contributed by atoms with Crippen LogP contribution < -0.4 is 0 Å². The number of hydrogen-bond acceptors (Lipinski definition) is 4. The third kappa shape index (κ3) is 1.95. The Morgan fingerprint density at radius 1 is 1.62 bits per heavy atom. The number of pyridine rings is 1. The SMILES string of the molecule is Cc1c([N+](=O)[O-])ncc(C(F)F)c1C(=O)O. The summed E-state index contributed by atoms with van der Waals surface area (Å²) in [6, 6.07) is 0. The average molecular weight is 232 g/mol. The first-order valence-electron chi connectivity index (χ1n) is 4.01. The molecule has 1 heterocycles. The molecular weight excluding hydrogens is 226 g/mol. The molecule has 0 amide bonds. The van der Waals surface area contributed by atoms with Crippen LogP contribution in [0, 0.1) is 17.0 Å². The van der Waals surface area contributed by atoms with Crippen LogP contribution in [0.25, 0.3) is 0 Å². The minimum Gasteiger partial charge on any atom is -0.478 e. The van der Waals surface area contributed by atoms with E-state index >= 15 is 0 Å². The Balaban J connectivity index is 3.54. The predicted molar refractivity (Wildman–Crippen MR) is 47.5 cm³/mol. The number of rotatable bonds is 3. The van der Waals surface area contributed by atoms with Crippen molar-refractivity contribution in [2.45, 2.75) is 13.3 Å². The Bertz CT molecular complexity index is 462. The largest absolute Gasteiger partial charge is 0.478 e. The van der Waals surface area contributed by atoms with E-state index in [1.165, 1.54) is 0 Å². The Kier molecular flexibility index (Phi) is 3.11. The molecule has 1 rings (SSSR count). The molecule has 0 saturated carbocycles. The van der Waals surface area contributed by atoms with Crippen LogP contribution in [0.5, 0.6) is 0 Å². The summed E-state index contributed by atoms with van der Waals surface area (Å²) in [5, 5.41) is 19.2. The number of nitrogens with zero attached hydrogens (tertiary/aromatic N) is 2. The molecule has 0 aliphatic heterocycles. The highest BCUT2D eigenvalue weighted by Gasteiger charge is 2.28. The first-order chi connectivity index (χ1) is 7.36. The van der Waals surface area contributed by atoms with E-state index in [9.17, 15) is 23.7 Å². The van der Waals surface area contributed by atoms with Crippen molar-refractivity contribution >= 4 is 11.8 Å². The third-order valence-corrected chi connectivity index (χ3v) is 1.95. The molecule has 6 nitrogen and oxygen atoms in total. The maximum atomic E-state index is 12.4. The number of nitro groups is 1. The zero-order chi connectivity index (χ0) is 12.5. The molecule has 0 saturated heterocycles. The van der Waals surface area contributed by atoms with E-state index in [-0.39, 0.29) is 5.56 Å². The second-order valence-electron chi connectivity index (χ2n) is 2.90. The van der Waals surface area contributed by atoms with E-state index in [1.54, 1.807) is 0 Å². The number of aromatic nitrogens is 1. The van der Waals surface area contributed by atoms with E-state index in [1.807, 2.05) is 0 Å². The van der Waals surface area contributed by atoms with Crippen molar-refractivity contribution in [3.63, 3.8) is 0 Å². The van der Waals surface area contributed by atoms with Crippen molar-refractivity contribution in [1.29, 1.82) is 0 Å². The number of carboxylic acid groups (broad SMARTS) is 1. The molecule has 8 heteroatoms. The van der Waals surface area contributed by atoms with Crippen molar-refractivity contribution in [2.75, 3.05) is 0 Å². The summed E-state index contributed by atoms with van der Waals surface area (Å²) >= 11 is 0. The predicted octanol–water partition coefficient (Wildman–Crippen LogP) is 1.93. The molecule has 1 N–H and O–H groups in total. The van der Waals surface area contributed by atoms with Gasteiger partial charge in [0.1, 0.15) is 6.20 Å². The van der Waals surface area contributed by atoms with E-state index < -0.39 is 34.3 Å². The lowest BCUT2D eigenvalue weighted by Crippen LogP contribution is -2.09. The lowest BCUT2D eigenvalue weighted by Gasteiger charge is -2.06. The minimum atomic E-state index is -3.04. The second-order valence-corrected chi connectivity index (χ2v) is 2.90. The van der Waals surface area contributed by atoms with Gasteiger partial charge in [0.2, 0.25) is 0 Å². The zero-order valence-corrected chi connectivity index (χ0v) is 7.98. The van der Waals surface area contributed by atoms with Crippen molar-refractivity contribution < 1.29 is 23.6 Å². The highest BCUT2D eigenvalue weighted by molar-refractivity contribution is 5.92. The van der Waals surface area contributed by atoms with E-state index in [0.29, 0.717) is 6.20 Å². The first kappa shape index (κ1) is 12.0. The summed E-state index contributed by atoms with van der Waals surface area (Å²) in [6.45, 7) is 1.07. The van der Waals surface area contributed by atoms with Gasteiger partial charge in [-0.15, -0.1) is 0 Å². The molecular formula is C8H6F2N2O4. The highest BCUT2D eigenvalue weighted by atomic mass is 19.3. The monoisotopic (exact) mass is 232 g/mol. The van der Waals surface area contributed by atoms with Crippen LogP contribution in [0.2, 0.25) is 0 Å². The van der Waals surface area contributed by atoms with E-state index in [0.717, 1.165) is 6.92 Å². The fraction of sp³-hybridized carbons (Fsp3) is 0.250. The molecule has 0 atom stereocenters. The zero-order valence-electron chi connectivity index (χ0n) is 7.98. The summed E-state index contributed by atoms with van der Waals surface area (Å²) in [6.07, 6.45) is -2.53. The number of carboxylic acids is 1. The van der Waals surface area contributed by atoms with Crippen LogP contribution in [0.15, 0.2) is 6.20 Å². The van der Waals surface area contributed by atoms with Gasteiger partial charge in [0.05, 0.1) is 16.7 Å². The lowest BCUT2D eigenvalue weighted by atomic mass is 10.1. The molecule has 0 fully saturated rings. The Labute approximate surface area is 87.7 Å². The van der Waals surface area contributed by atoms with Crippen LogP contribution in [-0.2, 0) is 0 Å². The normalized spacial score (nSPS) is 10.5. The van der Waals surface area contributed by atoms with E-state index in [4.69, 9.17) is 5.11 Å². The maximum Gasteiger partial charge on any atom is 0.367 e. The molecule has 0 radical (unpaired) electrons. The fourth-order valence-electron chi connectivity index (χ4n) is 1.25. The molecule has 0 aliphatic carbocycles. The molecule has 0 spiro atoms. The Hall–Kier alpha value is -2.12. The van der Waals surface area contributed by atoms with Crippen molar-refractivity contribution in [3.8, 4) is 0 Å². The second kappa shape index (κ2) is 4.17. The van der Waals surface area contributed by atoms with Gasteiger partial charge in [0, 0.05) is 0 Å². The molecule has 1 aromatic rings. The number of aromatic carboxylic acids is 1. The Morgan fingerprint density at radius 2 is 2.19 bits per heavy atom. The molecule has 0 bridgehead atoms. The molecule has 86 valence electrons. The first-order valence-corrected chi connectivity index (χ1v) is 4.01. The molecule has 16 heavy (non-hydrogen) atoms. The summed E-state index contributed by atoms with van der Waals surface area (Å²) in [4.78, 5) is 23.5. The standard InChI is InChI=1S/C8H6F2N2O4/c1-3-5(8(13)14)4(6(9)10)2-11-7(3)12(15)16/h2,6H,1H3,(H,13,14). The van der Waals surface area contributed by atoms with Gasteiger partial charge in [0.25, 0.3) is 6.43 Å². The van der Waals surface area contributed by atoms with Gasteiger partial charge >= 0.3 is 11.8 Å². The van der Waals surface area contributed by atoms with E-state index in [2.05, 4.69) is 4.98 Å². The summed E-state index contributed by atoms with van der Waals surface area (Å²) < 4.78 is 24.9. The van der Waals surface area contributed by atoms with Gasteiger partial charge in [-0.1, -0.05) is 0 Å². The van der Waals surface area contributed by atoms with Gasteiger partial charge in [-0.25, -0.2) is 13.6 Å². The summed E-state index contributed by atoms with van der Waals surface area (Å²) in [7, 11) is 0. The summed E-state index contributed by atoms with van der Waals surface area (Å²) in [5.74, 6) is -2.37. The van der Waals surface area contributed by atoms with Crippen LogP contribution in [0.1, 0.15) is 27.9 Å². The van der Waals surface area contributed by atoms with Crippen LogP contribution in [0.4, 0.5) is 14.6 Å².